The van der Waals surface area contributed by atoms with E-state index in [2.05, 4.69) is 10.2 Å². The number of nitrogens with zero attached hydrogens (tertiary/aromatic N) is 1. The summed E-state index contributed by atoms with van der Waals surface area (Å²) in [6.45, 7) is 6.40. The maximum Gasteiger partial charge on any atom is 0.224 e. The number of hydrogen-bond acceptors (Lipinski definition) is 4. The Morgan fingerprint density at radius 1 is 1.40 bits per heavy atom. The van der Waals surface area contributed by atoms with Gasteiger partial charge in [-0.3, -0.25) is 9.69 Å². The molecular weight excluding hydrogens is 254 g/mol. The number of nitrogen functional groups attached to an aromatic ring is 1. The van der Waals surface area contributed by atoms with Crippen molar-refractivity contribution in [2.45, 2.75) is 19.8 Å². The smallest absolute Gasteiger partial charge is 0.224 e. The van der Waals surface area contributed by atoms with Crippen LogP contribution in [0.3, 0.4) is 0 Å². The zero-order valence-corrected chi connectivity index (χ0v) is 12.0. The number of nitrogens with two attached hydrogens (primary N) is 1. The predicted octanol–water partition coefficient (Wildman–Crippen LogP) is 1.63. The van der Waals surface area contributed by atoms with E-state index in [1.54, 1.807) is 0 Å². The molecule has 3 N–H and O–H groups in total. The molecule has 110 valence electrons. The number of hydrogen-bond donors (Lipinski definition) is 2. The van der Waals surface area contributed by atoms with Crippen LogP contribution >= 0.6 is 0 Å². The number of rotatable bonds is 5. The first-order chi connectivity index (χ1) is 9.66. The molecule has 1 aliphatic rings. The summed E-state index contributed by atoms with van der Waals surface area (Å²) < 4.78 is 5.30. The number of morpholine rings is 1. The average molecular weight is 277 g/mol. The van der Waals surface area contributed by atoms with Crippen molar-refractivity contribution in [1.82, 2.24) is 4.90 Å². The third kappa shape index (κ3) is 4.21. The van der Waals surface area contributed by atoms with Gasteiger partial charge in [-0.15, -0.1) is 0 Å². The van der Waals surface area contributed by atoms with Gasteiger partial charge in [0.05, 0.1) is 13.2 Å². The zero-order valence-electron chi connectivity index (χ0n) is 12.0. The Bertz CT molecular complexity index is 456. The monoisotopic (exact) mass is 277 g/mol. The standard InChI is InChI=1S/C15H23N3O2/c1-12-13(16)4-2-5-14(12)17-15(19)6-3-7-18-8-10-20-11-9-18/h2,4-5H,3,6-11,16H2,1H3,(H,17,19). The van der Waals surface area contributed by atoms with Crippen molar-refractivity contribution in [3.05, 3.63) is 23.8 Å². The third-order valence-electron chi connectivity index (χ3n) is 3.63. The Morgan fingerprint density at radius 3 is 2.90 bits per heavy atom. The van der Waals surface area contributed by atoms with Crippen molar-refractivity contribution in [3.63, 3.8) is 0 Å². The fourth-order valence-electron chi connectivity index (χ4n) is 2.29. The highest BCUT2D eigenvalue weighted by molar-refractivity contribution is 5.92. The molecule has 0 bridgehead atoms. The second-order valence-electron chi connectivity index (χ2n) is 5.13. The van der Waals surface area contributed by atoms with Gasteiger partial charge in [-0.2, -0.15) is 0 Å². The van der Waals surface area contributed by atoms with E-state index in [0.717, 1.165) is 50.5 Å². The van der Waals surface area contributed by atoms with Gasteiger partial charge in [0.15, 0.2) is 0 Å². The van der Waals surface area contributed by atoms with E-state index in [4.69, 9.17) is 10.5 Å². The molecule has 1 amide bonds. The first-order valence-electron chi connectivity index (χ1n) is 7.12. The topological polar surface area (TPSA) is 67.6 Å². The molecule has 1 aromatic rings. The minimum absolute atomic E-state index is 0.0481. The maximum atomic E-state index is 11.9. The fourth-order valence-corrected chi connectivity index (χ4v) is 2.29. The number of anilines is 2. The van der Waals surface area contributed by atoms with Gasteiger partial charge in [0.2, 0.25) is 5.91 Å². The lowest BCUT2D eigenvalue weighted by Crippen LogP contribution is -2.37. The molecule has 5 heteroatoms. The molecule has 5 nitrogen and oxygen atoms in total. The maximum absolute atomic E-state index is 11.9. The van der Waals surface area contributed by atoms with Gasteiger partial charge in [0.1, 0.15) is 0 Å². The van der Waals surface area contributed by atoms with Crippen LogP contribution in [-0.4, -0.2) is 43.7 Å². The van der Waals surface area contributed by atoms with Gasteiger partial charge < -0.3 is 15.8 Å². The summed E-state index contributed by atoms with van der Waals surface area (Å²) in [5, 5.41) is 2.93. The Morgan fingerprint density at radius 2 is 2.15 bits per heavy atom. The summed E-state index contributed by atoms with van der Waals surface area (Å²) in [7, 11) is 0. The summed E-state index contributed by atoms with van der Waals surface area (Å²) in [5.41, 5.74) is 8.26. The normalized spacial score (nSPS) is 16.1. The second kappa shape index (κ2) is 7.26. The highest BCUT2D eigenvalue weighted by Crippen LogP contribution is 2.20. The Balaban J connectivity index is 1.73. The lowest BCUT2D eigenvalue weighted by atomic mass is 10.1. The number of carbonyl (C=O) groups is 1. The van der Waals surface area contributed by atoms with Crippen LogP contribution in [0.25, 0.3) is 0 Å². The first-order valence-corrected chi connectivity index (χ1v) is 7.12. The first kappa shape index (κ1) is 14.8. The summed E-state index contributed by atoms with van der Waals surface area (Å²) in [6, 6.07) is 5.57. The van der Waals surface area contributed by atoms with Crippen molar-refractivity contribution >= 4 is 17.3 Å². The van der Waals surface area contributed by atoms with Crippen molar-refractivity contribution < 1.29 is 9.53 Å². The molecule has 0 unspecified atom stereocenters. The van der Waals surface area contributed by atoms with E-state index in [1.165, 1.54) is 0 Å². The quantitative estimate of drug-likeness (QED) is 0.803. The highest BCUT2D eigenvalue weighted by atomic mass is 16.5. The van der Waals surface area contributed by atoms with Gasteiger partial charge in [-0.25, -0.2) is 0 Å². The number of amides is 1. The summed E-state index contributed by atoms with van der Waals surface area (Å²) in [5.74, 6) is 0.0481. The molecular formula is C15H23N3O2. The Labute approximate surface area is 120 Å². The molecule has 0 aromatic heterocycles. The van der Waals surface area contributed by atoms with Crippen LogP contribution in [0.1, 0.15) is 18.4 Å². The van der Waals surface area contributed by atoms with Crippen molar-refractivity contribution in [2.75, 3.05) is 43.9 Å². The molecule has 0 radical (unpaired) electrons. The lowest BCUT2D eigenvalue weighted by Gasteiger charge is -2.26. The van der Waals surface area contributed by atoms with Crippen molar-refractivity contribution in [2.24, 2.45) is 0 Å². The summed E-state index contributed by atoms with van der Waals surface area (Å²) in [4.78, 5) is 14.3. The number of benzene rings is 1. The molecule has 20 heavy (non-hydrogen) atoms. The highest BCUT2D eigenvalue weighted by Gasteiger charge is 2.11. The van der Waals surface area contributed by atoms with E-state index in [9.17, 15) is 4.79 Å². The van der Waals surface area contributed by atoms with Gasteiger partial charge >= 0.3 is 0 Å². The predicted molar refractivity (Wildman–Crippen MR) is 80.7 cm³/mol. The van der Waals surface area contributed by atoms with Crippen LogP contribution in [0.2, 0.25) is 0 Å². The molecule has 1 fully saturated rings. The van der Waals surface area contributed by atoms with Gasteiger partial charge in [0, 0.05) is 30.9 Å². The van der Waals surface area contributed by atoms with Crippen LogP contribution < -0.4 is 11.1 Å². The van der Waals surface area contributed by atoms with Crippen molar-refractivity contribution in [3.8, 4) is 0 Å². The third-order valence-corrected chi connectivity index (χ3v) is 3.63. The van der Waals surface area contributed by atoms with Crippen molar-refractivity contribution in [1.29, 1.82) is 0 Å². The molecule has 2 rings (SSSR count). The molecule has 1 aliphatic heterocycles. The van der Waals surface area contributed by atoms with Crippen LogP contribution in [0.5, 0.6) is 0 Å². The molecule has 0 atom stereocenters. The van der Waals surface area contributed by atoms with Gasteiger partial charge in [0.25, 0.3) is 0 Å². The molecule has 1 aromatic carbocycles. The fraction of sp³-hybridized carbons (Fsp3) is 0.533. The molecule has 0 spiro atoms. The van der Waals surface area contributed by atoms with E-state index in [-0.39, 0.29) is 5.91 Å². The summed E-state index contributed by atoms with van der Waals surface area (Å²) in [6.07, 6.45) is 1.40. The van der Waals surface area contributed by atoms with E-state index < -0.39 is 0 Å². The molecule has 0 aliphatic carbocycles. The number of ether oxygens (including phenoxy) is 1. The van der Waals surface area contributed by atoms with Gasteiger partial charge in [-0.05, 0) is 37.6 Å². The minimum Gasteiger partial charge on any atom is -0.398 e. The zero-order chi connectivity index (χ0) is 14.4. The van der Waals surface area contributed by atoms with E-state index >= 15 is 0 Å². The van der Waals surface area contributed by atoms with Crippen LogP contribution in [-0.2, 0) is 9.53 Å². The second-order valence-corrected chi connectivity index (χ2v) is 5.13. The van der Waals surface area contributed by atoms with Crippen LogP contribution in [0.15, 0.2) is 18.2 Å². The largest absolute Gasteiger partial charge is 0.398 e. The van der Waals surface area contributed by atoms with E-state index in [1.807, 2.05) is 25.1 Å². The minimum atomic E-state index is 0.0481. The molecule has 1 heterocycles. The SMILES string of the molecule is Cc1c(N)cccc1NC(=O)CCCN1CCOCC1. The van der Waals surface area contributed by atoms with Crippen LogP contribution in [0, 0.1) is 6.92 Å². The lowest BCUT2D eigenvalue weighted by molar-refractivity contribution is -0.116. The average Bonchev–Trinajstić information content (AvgIpc) is 2.45. The van der Waals surface area contributed by atoms with Gasteiger partial charge in [-0.1, -0.05) is 6.07 Å². The van der Waals surface area contributed by atoms with Crippen LogP contribution in [0.4, 0.5) is 11.4 Å². The van der Waals surface area contributed by atoms with E-state index in [0.29, 0.717) is 12.1 Å². The summed E-state index contributed by atoms with van der Waals surface area (Å²) >= 11 is 0. The molecule has 1 saturated heterocycles. The Kier molecular flexibility index (Phi) is 5.38. The Hall–Kier alpha value is -1.59. The number of nitrogens with one attached hydrogen (secondary N) is 1. The number of carbonyl (C=O) groups excluding carboxylic acids is 1. The molecule has 0 saturated carbocycles.